The van der Waals surface area contributed by atoms with Gasteiger partial charge in [-0.1, -0.05) is 42.5 Å². The Hall–Kier alpha value is -3.35. The number of pyridine rings is 3. The molecule has 0 amide bonds. The van der Waals surface area contributed by atoms with Gasteiger partial charge in [0.1, 0.15) is 0 Å². The minimum atomic E-state index is -0.416. The van der Waals surface area contributed by atoms with Crippen LogP contribution >= 0.6 is 0 Å². The Morgan fingerprint density at radius 1 is 0.667 bits per heavy atom. The first-order valence-corrected chi connectivity index (χ1v) is 11.2. The summed E-state index contributed by atoms with van der Waals surface area (Å²) >= 11 is 0. The summed E-state index contributed by atoms with van der Waals surface area (Å²) in [5, 5.41) is 3.20. The van der Waals surface area contributed by atoms with Crippen LogP contribution in [0.1, 0.15) is 27.7 Å². The molecule has 0 aliphatic carbocycles. The monoisotopic (exact) mass is 433 g/mol. The first-order chi connectivity index (χ1) is 15.8. The lowest BCUT2D eigenvalue weighted by molar-refractivity contribution is 0.00578. The average molecular weight is 433 g/mol. The fourth-order valence-electron chi connectivity index (χ4n) is 4.27. The van der Waals surface area contributed by atoms with Crippen molar-refractivity contribution in [2.75, 3.05) is 0 Å². The van der Waals surface area contributed by atoms with Crippen LogP contribution in [0.3, 0.4) is 0 Å². The van der Waals surface area contributed by atoms with Crippen LogP contribution in [-0.2, 0) is 9.31 Å². The molecule has 6 heteroatoms. The van der Waals surface area contributed by atoms with Crippen LogP contribution < -0.4 is 5.46 Å². The second-order valence-corrected chi connectivity index (χ2v) is 9.65. The van der Waals surface area contributed by atoms with Crippen molar-refractivity contribution in [1.29, 1.82) is 0 Å². The maximum Gasteiger partial charge on any atom is 0.494 e. The Bertz CT molecular complexity index is 1530. The summed E-state index contributed by atoms with van der Waals surface area (Å²) in [5.74, 6) is 0. The molecule has 0 N–H and O–H groups in total. The van der Waals surface area contributed by atoms with E-state index in [1.807, 2.05) is 24.4 Å². The Balaban J connectivity index is 1.43. The fourth-order valence-corrected chi connectivity index (χ4v) is 4.27. The number of nitrogens with zero attached hydrogens (tertiary/aromatic N) is 3. The lowest BCUT2D eigenvalue weighted by Crippen LogP contribution is -2.41. The molecule has 0 unspecified atom stereocenters. The molecule has 1 saturated heterocycles. The van der Waals surface area contributed by atoms with Gasteiger partial charge in [0.25, 0.3) is 0 Å². The SMILES string of the molecule is CC1(C)OB(c2ccc3ccc(-c4ccc5ccc6cccnc6c5n4)nc3c2)OC1(C)C. The van der Waals surface area contributed by atoms with Gasteiger partial charge in [-0.05, 0) is 57.4 Å². The summed E-state index contributed by atoms with van der Waals surface area (Å²) in [7, 11) is -0.416. The molecular weight excluding hydrogens is 409 g/mol. The largest absolute Gasteiger partial charge is 0.494 e. The topological polar surface area (TPSA) is 57.1 Å². The molecule has 0 bridgehead atoms. The van der Waals surface area contributed by atoms with Crippen LogP contribution in [0.2, 0.25) is 0 Å². The van der Waals surface area contributed by atoms with E-state index >= 15 is 0 Å². The lowest BCUT2D eigenvalue weighted by Gasteiger charge is -2.32. The summed E-state index contributed by atoms with van der Waals surface area (Å²) in [5.41, 5.74) is 4.53. The molecule has 1 fully saturated rings. The second-order valence-electron chi connectivity index (χ2n) is 9.65. The number of hydrogen-bond acceptors (Lipinski definition) is 5. The van der Waals surface area contributed by atoms with Crippen LogP contribution in [0.5, 0.6) is 0 Å². The van der Waals surface area contributed by atoms with Gasteiger partial charge < -0.3 is 9.31 Å². The van der Waals surface area contributed by atoms with Crippen molar-refractivity contribution in [2.45, 2.75) is 38.9 Å². The number of benzene rings is 2. The van der Waals surface area contributed by atoms with Crippen molar-refractivity contribution in [2.24, 2.45) is 0 Å². The van der Waals surface area contributed by atoms with Crippen molar-refractivity contribution < 1.29 is 9.31 Å². The van der Waals surface area contributed by atoms with Gasteiger partial charge in [-0.2, -0.15) is 0 Å². The van der Waals surface area contributed by atoms with Gasteiger partial charge in [0, 0.05) is 22.4 Å². The number of fused-ring (bicyclic) bond motifs is 4. The highest BCUT2D eigenvalue weighted by Gasteiger charge is 2.51. The Morgan fingerprint density at radius 2 is 1.27 bits per heavy atom. The van der Waals surface area contributed by atoms with Gasteiger partial charge >= 0.3 is 7.12 Å². The summed E-state index contributed by atoms with van der Waals surface area (Å²) < 4.78 is 12.5. The van der Waals surface area contributed by atoms with Crippen LogP contribution in [0.25, 0.3) is 44.1 Å². The lowest BCUT2D eigenvalue weighted by atomic mass is 9.78. The first-order valence-electron chi connectivity index (χ1n) is 11.2. The van der Waals surface area contributed by atoms with E-state index < -0.39 is 7.12 Å². The molecule has 0 spiro atoms. The summed E-state index contributed by atoms with van der Waals surface area (Å²) in [4.78, 5) is 14.4. The van der Waals surface area contributed by atoms with Gasteiger partial charge in [0.15, 0.2) is 0 Å². The standard InChI is InChI=1S/C27H24BN3O2/c1-26(2)27(3,4)33-28(32-26)20-12-9-17-10-13-21(30-23(17)16-20)22-14-11-19-8-7-18-6-5-15-29-24(18)25(19)31-22/h5-16H,1-4H3. The highest BCUT2D eigenvalue weighted by Crippen LogP contribution is 2.36. The third-order valence-electron chi connectivity index (χ3n) is 6.94. The zero-order valence-corrected chi connectivity index (χ0v) is 19.2. The van der Waals surface area contributed by atoms with E-state index in [2.05, 4.69) is 81.2 Å². The second kappa shape index (κ2) is 7.08. The van der Waals surface area contributed by atoms with Gasteiger partial charge in [-0.25, -0.2) is 9.97 Å². The molecule has 33 heavy (non-hydrogen) atoms. The molecule has 5 aromatic rings. The van der Waals surface area contributed by atoms with Gasteiger partial charge in [0.2, 0.25) is 0 Å². The van der Waals surface area contributed by atoms with E-state index in [0.717, 1.165) is 49.6 Å². The Labute approximate surface area is 192 Å². The first kappa shape index (κ1) is 20.3. The van der Waals surface area contributed by atoms with E-state index in [-0.39, 0.29) is 11.2 Å². The predicted octanol–water partition coefficient (Wildman–Crippen LogP) is 5.30. The molecule has 0 radical (unpaired) electrons. The molecule has 1 aliphatic rings. The fraction of sp³-hybridized carbons (Fsp3) is 0.222. The van der Waals surface area contributed by atoms with Crippen LogP contribution in [0.15, 0.2) is 72.9 Å². The normalized spacial score (nSPS) is 17.3. The molecular formula is C27H24BN3O2. The smallest absolute Gasteiger partial charge is 0.399 e. The highest BCUT2D eigenvalue weighted by molar-refractivity contribution is 6.62. The van der Waals surface area contributed by atoms with Crippen molar-refractivity contribution in [1.82, 2.24) is 15.0 Å². The van der Waals surface area contributed by atoms with E-state index in [1.54, 1.807) is 0 Å². The van der Waals surface area contributed by atoms with Crippen molar-refractivity contribution in [3.63, 3.8) is 0 Å². The number of rotatable bonds is 2. The molecule has 162 valence electrons. The molecule has 4 heterocycles. The van der Waals surface area contributed by atoms with Crippen molar-refractivity contribution >= 4 is 45.3 Å². The Morgan fingerprint density at radius 3 is 2.03 bits per heavy atom. The van der Waals surface area contributed by atoms with Crippen molar-refractivity contribution in [3.05, 3.63) is 72.9 Å². The van der Waals surface area contributed by atoms with Crippen LogP contribution in [-0.4, -0.2) is 33.3 Å². The molecule has 6 rings (SSSR count). The number of aromatic nitrogens is 3. The highest BCUT2D eigenvalue weighted by atomic mass is 16.7. The molecule has 0 atom stereocenters. The van der Waals surface area contributed by atoms with Crippen LogP contribution in [0, 0.1) is 0 Å². The van der Waals surface area contributed by atoms with E-state index in [4.69, 9.17) is 19.3 Å². The zero-order chi connectivity index (χ0) is 22.8. The van der Waals surface area contributed by atoms with Crippen LogP contribution in [0.4, 0.5) is 0 Å². The predicted molar refractivity (Wildman–Crippen MR) is 133 cm³/mol. The average Bonchev–Trinajstić information content (AvgIpc) is 3.04. The van der Waals surface area contributed by atoms with Gasteiger partial charge in [-0.3, -0.25) is 4.98 Å². The maximum atomic E-state index is 6.23. The minimum absolute atomic E-state index is 0.381. The minimum Gasteiger partial charge on any atom is -0.399 e. The summed E-state index contributed by atoms with van der Waals surface area (Å²) in [6.07, 6.45) is 1.81. The van der Waals surface area contributed by atoms with E-state index in [9.17, 15) is 0 Å². The Kier molecular flexibility index (Phi) is 4.35. The van der Waals surface area contributed by atoms with Gasteiger partial charge in [-0.15, -0.1) is 0 Å². The third kappa shape index (κ3) is 3.29. The molecule has 1 aliphatic heterocycles. The zero-order valence-electron chi connectivity index (χ0n) is 19.2. The molecule has 0 saturated carbocycles. The molecule has 5 nitrogen and oxygen atoms in total. The maximum absolute atomic E-state index is 6.23. The molecule has 2 aromatic carbocycles. The summed E-state index contributed by atoms with van der Waals surface area (Å²) in [6.45, 7) is 8.26. The number of hydrogen-bond donors (Lipinski definition) is 0. The third-order valence-corrected chi connectivity index (χ3v) is 6.94. The van der Waals surface area contributed by atoms with Gasteiger partial charge in [0.05, 0.1) is 39.1 Å². The van der Waals surface area contributed by atoms with Crippen molar-refractivity contribution in [3.8, 4) is 11.4 Å². The summed E-state index contributed by atoms with van der Waals surface area (Å²) in [6, 6.07) is 22.5. The quantitative estimate of drug-likeness (QED) is 0.280. The van der Waals surface area contributed by atoms with E-state index in [0.29, 0.717) is 0 Å². The molecule has 3 aromatic heterocycles. The van der Waals surface area contributed by atoms with E-state index in [1.165, 1.54) is 0 Å².